The molecule has 2 aromatic rings. The molecule has 2 amide bonds. The standard InChI is InChI=1S/C19H19F4N5O4/c20-11-7-9(1-2-10(11)19(21,22)23)15-16(18(31)32)28-6-5-27(8-14(28)26-15)17(30)12(24)3-4-13(25)29/h1-2,7,12H,3-6,8,24H2,(H2,25,29)(H,31,32)/t12-/m0/s1. The second-order valence-electron chi connectivity index (χ2n) is 7.25. The average molecular weight is 457 g/mol. The molecule has 9 nitrogen and oxygen atoms in total. The molecule has 0 spiro atoms. The van der Waals surface area contributed by atoms with Crippen LogP contribution in [0.5, 0.6) is 0 Å². The van der Waals surface area contributed by atoms with E-state index in [2.05, 4.69) is 4.98 Å². The minimum absolute atomic E-state index is 0.0291. The number of carbonyl (C=O) groups excluding carboxylic acids is 2. The molecule has 32 heavy (non-hydrogen) atoms. The molecule has 1 aliphatic rings. The average Bonchev–Trinajstić information content (AvgIpc) is 3.09. The Morgan fingerprint density at radius 1 is 1.22 bits per heavy atom. The summed E-state index contributed by atoms with van der Waals surface area (Å²) >= 11 is 0. The number of hydrogen-bond donors (Lipinski definition) is 3. The molecule has 5 N–H and O–H groups in total. The Labute approximate surface area is 178 Å². The first kappa shape index (κ1) is 23.2. The Balaban J connectivity index is 1.92. The van der Waals surface area contributed by atoms with Gasteiger partial charge in [0.25, 0.3) is 0 Å². The summed E-state index contributed by atoms with van der Waals surface area (Å²) in [5.74, 6) is -3.91. The van der Waals surface area contributed by atoms with Gasteiger partial charge < -0.3 is 26.0 Å². The number of hydrogen-bond acceptors (Lipinski definition) is 5. The molecule has 0 unspecified atom stereocenters. The van der Waals surface area contributed by atoms with Crippen LogP contribution < -0.4 is 11.5 Å². The molecule has 1 aromatic carbocycles. The quantitative estimate of drug-likeness (QED) is 0.559. The van der Waals surface area contributed by atoms with Crippen LogP contribution in [0.4, 0.5) is 17.6 Å². The van der Waals surface area contributed by atoms with Crippen LogP contribution in [-0.2, 0) is 28.9 Å². The summed E-state index contributed by atoms with van der Waals surface area (Å²) in [6, 6.07) is 1.04. The molecule has 0 saturated heterocycles. The topological polar surface area (TPSA) is 145 Å². The number of carboxylic acids is 1. The summed E-state index contributed by atoms with van der Waals surface area (Å²) in [5, 5.41) is 9.63. The van der Waals surface area contributed by atoms with Crippen LogP contribution in [0.3, 0.4) is 0 Å². The summed E-state index contributed by atoms with van der Waals surface area (Å²) < 4.78 is 53.8. The molecule has 0 saturated carbocycles. The van der Waals surface area contributed by atoms with E-state index in [9.17, 15) is 37.1 Å². The minimum Gasteiger partial charge on any atom is -0.477 e. The summed E-state index contributed by atoms with van der Waals surface area (Å²) in [4.78, 5) is 40.8. The highest BCUT2D eigenvalue weighted by molar-refractivity contribution is 5.93. The maximum atomic E-state index is 14.0. The Morgan fingerprint density at radius 3 is 2.47 bits per heavy atom. The predicted molar refractivity (Wildman–Crippen MR) is 101 cm³/mol. The molecule has 0 aliphatic carbocycles. The Hall–Kier alpha value is -3.48. The van der Waals surface area contributed by atoms with Crippen LogP contribution >= 0.6 is 0 Å². The number of nitrogens with zero attached hydrogens (tertiary/aromatic N) is 3. The number of carboxylic acid groups (broad SMARTS) is 1. The SMILES string of the molecule is NC(=O)CC[C@H](N)C(=O)N1CCn2c(nc(-c3ccc(C(F)(F)F)c(F)c3)c2C(=O)O)C1. The lowest BCUT2D eigenvalue weighted by Gasteiger charge is -2.30. The molecule has 1 aliphatic heterocycles. The molecule has 1 aromatic heterocycles. The van der Waals surface area contributed by atoms with E-state index in [0.717, 1.165) is 6.07 Å². The van der Waals surface area contributed by atoms with Gasteiger partial charge in [0.1, 0.15) is 17.3 Å². The largest absolute Gasteiger partial charge is 0.477 e. The van der Waals surface area contributed by atoms with Gasteiger partial charge in [0.15, 0.2) is 5.69 Å². The van der Waals surface area contributed by atoms with Crippen molar-refractivity contribution in [3.63, 3.8) is 0 Å². The number of primary amides is 1. The number of aromatic carboxylic acids is 1. The summed E-state index contributed by atoms with van der Waals surface area (Å²) in [7, 11) is 0. The van der Waals surface area contributed by atoms with Gasteiger partial charge in [-0.2, -0.15) is 13.2 Å². The number of halogens is 4. The van der Waals surface area contributed by atoms with Gasteiger partial charge in [-0.1, -0.05) is 6.07 Å². The van der Waals surface area contributed by atoms with Crippen molar-refractivity contribution in [3.8, 4) is 11.3 Å². The highest BCUT2D eigenvalue weighted by Gasteiger charge is 2.35. The smallest absolute Gasteiger partial charge is 0.419 e. The third-order valence-corrected chi connectivity index (χ3v) is 5.05. The van der Waals surface area contributed by atoms with Gasteiger partial charge in [-0.25, -0.2) is 14.2 Å². The number of nitrogens with two attached hydrogens (primary N) is 2. The molecule has 0 bridgehead atoms. The molecule has 0 radical (unpaired) electrons. The van der Waals surface area contributed by atoms with Crippen LogP contribution in [0.2, 0.25) is 0 Å². The fourth-order valence-corrected chi connectivity index (χ4v) is 3.49. The van der Waals surface area contributed by atoms with Crippen LogP contribution in [0.1, 0.15) is 34.7 Å². The Kier molecular flexibility index (Phi) is 6.21. The van der Waals surface area contributed by atoms with Crippen LogP contribution in [0.15, 0.2) is 18.2 Å². The van der Waals surface area contributed by atoms with Gasteiger partial charge >= 0.3 is 12.1 Å². The van der Waals surface area contributed by atoms with Gasteiger partial charge in [-0.3, -0.25) is 9.59 Å². The summed E-state index contributed by atoms with van der Waals surface area (Å²) in [6.45, 7) is 0.00141. The molecule has 13 heteroatoms. The number of benzene rings is 1. The van der Waals surface area contributed by atoms with E-state index in [1.54, 1.807) is 0 Å². The van der Waals surface area contributed by atoms with Crippen molar-refractivity contribution in [2.24, 2.45) is 11.5 Å². The van der Waals surface area contributed by atoms with E-state index in [1.165, 1.54) is 9.47 Å². The third-order valence-electron chi connectivity index (χ3n) is 5.05. The molecule has 0 fully saturated rings. The monoisotopic (exact) mass is 457 g/mol. The van der Waals surface area contributed by atoms with Gasteiger partial charge in [0.2, 0.25) is 11.8 Å². The zero-order chi connectivity index (χ0) is 23.8. The van der Waals surface area contributed by atoms with Gasteiger partial charge in [0, 0.05) is 25.1 Å². The van der Waals surface area contributed by atoms with Crippen molar-refractivity contribution >= 4 is 17.8 Å². The first-order chi connectivity index (χ1) is 14.9. The van der Waals surface area contributed by atoms with Crippen molar-refractivity contribution in [1.29, 1.82) is 0 Å². The lowest BCUT2D eigenvalue weighted by Crippen LogP contribution is -2.47. The number of imidazole rings is 1. The molecular weight excluding hydrogens is 438 g/mol. The van der Waals surface area contributed by atoms with Crippen molar-refractivity contribution in [1.82, 2.24) is 14.5 Å². The van der Waals surface area contributed by atoms with Crippen molar-refractivity contribution in [2.45, 2.75) is 38.1 Å². The normalized spacial score (nSPS) is 14.7. The highest BCUT2D eigenvalue weighted by Crippen LogP contribution is 2.34. The molecule has 1 atom stereocenters. The number of carbonyl (C=O) groups is 3. The second-order valence-corrected chi connectivity index (χ2v) is 7.25. The van der Waals surface area contributed by atoms with Gasteiger partial charge in [-0.05, 0) is 18.6 Å². The van der Waals surface area contributed by atoms with Crippen LogP contribution in [0.25, 0.3) is 11.3 Å². The molecule has 2 heterocycles. The van der Waals surface area contributed by atoms with Gasteiger partial charge in [-0.15, -0.1) is 0 Å². The maximum Gasteiger partial charge on any atom is 0.419 e. The summed E-state index contributed by atoms with van der Waals surface area (Å²) in [5.41, 5.74) is 8.68. The van der Waals surface area contributed by atoms with E-state index in [0.29, 0.717) is 12.1 Å². The third kappa shape index (κ3) is 4.56. The molecular formula is C19H19F4N5O4. The summed E-state index contributed by atoms with van der Waals surface area (Å²) in [6.07, 6.45) is -4.95. The zero-order valence-electron chi connectivity index (χ0n) is 16.5. The zero-order valence-corrected chi connectivity index (χ0v) is 16.5. The van der Waals surface area contributed by atoms with Crippen LogP contribution in [-0.4, -0.2) is 49.9 Å². The van der Waals surface area contributed by atoms with Gasteiger partial charge in [0.05, 0.1) is 18.2 Å². The first-order valence-corrected chi connectivity index (χ1v) is 9.42. The van der Waals surface area contributed by atoms with Crippen molar-refractivity contribution < 1.29 is 37.1 Å². The van der Waals surface area contributed by atoms with E-state index in [4.69, 9.17) is 11.5 Å². The second kappa shape index (κ2) is 8.57. The van der Waals surface area contributed by atoms with Crippen LogP contribution in [0, 0.1) is 5.82 Å². The number of rotatable bonds is 6. The lowest BCUT2D eigenvalue weighted by molar-refractivity contribution is -0.140. The van der Waals surface area contributed by atoms with Crippen molar-refractivity contribution in [3.05, 3.63) is 41.1 Å². The molecule has 3 rings (SSSR count). The molecule has 172 valence electrons. The number of fused-ring (bicyclic) bond motifs is 1. The Bertz CT molecular complexity index is 1080. The van der Waals surface area contributed by atoms with E-state index >= 15 is 0 Å². The van der Waals surface area contributed by atoms with E-state index < -0.39 is 41.4 Å². The van der Waals surface area contributed by atoms with E-state index in [1.807, 2.05) is 0 Å². The lowest BCUT2D eigenvalue weighted by atomic mass is 10.1. The number of amides is 2. The highest BCUT2D eigenvalue weighted by atomic mass is 19.4. The number of aromatic nitrogens is 2. The first-order valence-electron chi connectivity index (χ1n) is 9.42. The predicted octanol–water partition coefficient (Wildman–Crippen LogP) is 1.34. The fourth-order valence-electron chi connectivity index (χ4n) is 3.49. The maximum absolute atomic E-state index is 14.0. The minimum atomic E-state index is -4.90. The Morgan fingerprint density at radius 2 is 1.91 bits per heavy atom. The number of alkyl halides is 3. The fraction of sp³-hybridized carbons (Fsp3) is 0.368. The van der Waals surface area contributed by atoms with Crippen molar-refractivity contribution in [2.75, 3.05) is 6.54 Å². The van der Waals surface area contributed by atoms with E-state index in [-0.39, 0.29) is 55.3 Å².